The van der Waals surface area contributed by atoms with Crippen molar-refractivity contribution < 1.29 is 4.39 Å². The number of guanidine groups is 1. The number of nitrogens with zero attached hydrogens (tertiary/aromatic N) is 5. The Morgan fingerprint density at radius 2 is 1.80 bits per heavy atom. The molecule has 2 heterocycles. The number of rotatable bonds is 4. The summed E-state index contributed by atoms with van der Waals surface area (Å²) in [6.07, 6.45) is 3.53. The van der Waals surface area contributed by atoms with Gasteiger partial charge in [0.15, 0.2) is 5.96 Å². The molecule has 3 rings (SSSR count). The zero-order chi connectivity index (χ0) is 17.5. The number of anilines is 1. The van der Waals surface area contributed by atoms with Gasteiger partial charge in [-0.05, 0) is 30.7 Å². The molecule has 1 aromatic heterocycles. The van der Waals surface area contributed by atoms with Crippen molar-refractivity contribution in [2.75, 3.05) is 37.6 Å². The molecule has 0 bridgehead atoms. The van der Waals surface area contributed by atoms with E-state index in [1.165, 1.54) is 12.1 Å². The molecule has 1 saturated heterocycles. The van der Waals surface area contributed by atoms with Gasteiger partial charge in [-0.2, -0.15) is 0 Å². The van der Waals surface area contributed by atoms with Crippen LogP contribution in [0.3, 0.4) is 0 Å². The third-order valence-electron chi connectivity index (χ3n) is 4.07. The van der Waals surface area contributed by atoms with Crippen LogP contribution in [0, 0.1) is 5.82 Å². The molecule has 2 aromatic rings. The number of halogens is 1. The van der Waals surface area contributed by atoms with Crippen LogP contribution in [0.25, 0.3) is 0 Å². The van der Waals surface area contributed by atoms with Gasteiger partial charge in [-0.15, -0.1) is 0 Å². The highest BCUT2D eigenvalue weighted by molar-refractivity contribution is 5.80. The Hall–Kier alpha value is -2.70. The second-order valence-electron chi connectivity index (χ2n) is 5.82. The standard InChI is InChI=1S/C18H23FN6/c1-2-20-17(23-14-15-4-6-16(19)7-5-15)24-10-12-25(13-11-24)18-21-8-3-9-22-18/h3-9H,2,10-14H2,1H3,(H,20,23). The second-order valence-corrected chi connectivity index (χ2v) is 5.82. The fourth-order valence-corrected chi connectivity index (χ4v) is 2.75. The topological polar surface area (TPSA) is 56.7 Å². The number of aliphatic imine (C=N–C) groups is 1. The van der Waals surface area contributed by atoms with Gasteiger partial charge >= 0.3 is 0 Å². The average molecular weight is 342 g/mol. The van der Waals surface area contributed by atoms with E-state index in [1.54, 1.807) is 24.5 Å². The number of aromatic nitrogens is 2. The number of hydrogen-bond donors (Lipinski definition) is 1. The van der Waals surface area contributed by atoms with Crippen LogP contribution in [0.5, 0.6) is 0 Å². The van der Waals surface area contributed by atoms with Crippen molar-refractivity contribution >= 4 is 11.9 Å². The quantitative estimate of drug-likeness (QED) is 0.679. The number of piperazine rings is 1. The Kier molecular flexibility index (Phi) is 5.77. The minimum absolute atomic E-state index is 0.223. The Bertz CT molecular complexity index is 680. The van der Waals surface area contributed by atoms with Gasteiger partial charge in [0.05, 0.1) is 6.54 Å². The molecular weight excluding hydrogens is 319 g/mol. The van der Waals surface area contributed by atoms with Crippen molar-refractivity contribution in [2.45, 2.75) is 13.5 Å². The third kappa shape index (κ3) is 4.65. The highest BCUT2D eigenvalue weighted by Gasteiger charge is 2.20. The molecule has 1 aromatic carbocycles. The van der Waals surface area contributed by atoms with Gasteiger partial charge < -0.3 is 15.1 Å². The molecule has 0 unspecified atom stereocenters. The monoisotopic (exact) mass is 342 g/mol. The summed E-state index contributed by atoms with van der Waals surface area (Å²) in [6.45, 7) is 6.81. The lowest BCUT2D eigenvalue weighted by Crippen LogP contribution is -2.52. The van der Waals surface area contributed by atoms with Gasteiger partial charge in [-0.1, -0.05) is 12.1 Å². The molecule has 0 spiro atoms. The van der Waals surface area contributed by atoms with Crippen molar-refractivity contribution in [3.63, 3.8) is 0 Å². The summed E-state index contributed by atoms with van der Waals surface area (Å²) < 4.78 is 13.0. The molecule has 6 nitrogen and oxygen atoms in total. The second kappa shape index (κ2) is 8.41. The summed E-state index contributed by atoms with van der Waals surface area (Å²) in [5.74, 6) is 1.44. The molecule has 0 aliphatic carbocycles. The molecule has 1 fully saturated rings. The van der Waals surface area contributed by atoms with Crippen LogP contribution < -0.4 is 10.2 Å². The Morgan fingerprint density at radius 3 is 2.44 bits per heavy atom. The first kappa shape index (κ1) is 17.1. The molecule has 1 aliphatic rings. The fraction of sp³-hybridized carbons (Fsp3) is 0.389. The summed E-state index contributed by atoms with van der Waals surface area (Å²) >= 11 is 0. The molecule has 25 heavy (non-hydrogen) atoms. The third-order valence-corrected chi connectivity index (χ3v) is 4.07. The van der Waals surface area contributed by atoms with E-state index in [1.807, 2.05) is 6.07 Å². The summed E-state index contributed by atoms with van der Waals surface area (Å²) in [5, 5.41) is 3.34. The smallest absolute Gasteiger partial charge is 0.225 e. The van der Waals surface area contributed by atoms with Crippen molar-refractivity contribution in [3.05, 3.63) is 54.1 Å². The minimum atomic E-state index is -0.223. The largest absolute Gasteiger partial charge is 0.357 e. The molecule has 0 radical (unpaired) electrons. The Labute approximate surface area is 147 Å². The predicted molar refractivity (Wildman–Crippen MR) is 97.0 cm³/mol. The van der Waals surface area contributed by atoms with Gasteiger partial charge in [0.1, 0.15) is 5.82 Å². The fourth-order valence-electron chi connectivity index (χ4n) is 2.75. The van der Waals surface area contributed by atoms with Crippen molar-refractivity contribution in [3.8, 4) is 0 Å². The molecule has 0 saturated carbocycles. The molecule has 132 valence electrons. The highest BCUT2D eigenvalue weighted by atomic mass is 19.1. The highest BCUT2D eigenvalue weighted by Crippen LogP contribution is 2.10. The number of hydrogen-bond acceptors (Lipinski definition) is 4. The minimum Gasteiger partial charge on any atom is -0.357 e. The first-order chi connectivity index (χ1) is 12.3. The summed E-state index contributed by atoms with van der Waals surface area (Å²) in [4.78, 5) is 17.7. The van der Waals surface area contributed by atoms with Gasteiger partial charge in [0, 0.05) is 45.1 Å². The van der Waals surface area contributed by atoms with E-state index in [4.69, 9.17) is 4.99 Å². The SMILES string of the molecule is CCNC(=NCc1ccc(F)cc1)N1CCN(c2ncccn2)CC1. The molecule has 7 heteroatoms. The number of benzene rings is 1. The van der Waals surface area contributed by atoms with Crippen molar-refractivity contribution in [2.24, 2.45) is 4.99 Å². The summed E-state index contributed by atoms with van der Waals surface area (Å²) in [7, 11) is 0. The van der Waals surface area contributed by atoms with Gasteiger partial charge in [-0.25, -0.2) is 19.4 Å². The molecule has 0 atom stereocenters. The van der Waals surface area contributed by atoms with Crippen LogP contribution in [0.15, 0.2) is 47.7 Å². The van der Waals surface area contributed by atoms with Crippen LogP contribution in [-0.4, -0.2) is 53.6 Å². The van der Waals surface area contributed by atoms with Crippen LogP contribution in [0.2, 0.25) is 0 Å². The van der Waals surface area contributed by atoms with Crippen LogP contribution in [-0.2, 0) is 6.54 Å². The average Bonchev–Trinajstić information content (AvgIpc) is 2.67. The van der Waals surface area contributed by atoms with E-state index >= 15 is 0 Å². The lowest BCUT2D eigenvalue weighted by atomic mass is 10.2. The van der Waals surface area contributed by atoms with E-state index in [2.05, 4.69) is 32.0 Å². The first-order valence-corrected chi connectivity index (χ1v) is 8.56. The van der Waals surface area contributed by atoms with E-state index < -0.39 is 0 Å². The zero-order valence-electron chi connectivity index (χ0n) is 14.4. The van der Waals surface area contributed by atoms with Crippen LogP contribution >= 0.6 is 0 Å². The number of nitrogens with one attached hydrogen (secondary N) is 1. The predicted octanol–water partition coefficient (Wildman–Crippen LogP) is 1.90. The van der Waals surface area contributed by atoms with Gasteiger partial charge in [-0.3, -0.25) is 0 Å². The van der Waals surface area contributed by atoms with Crippen molar-refractivity contribution in [1.82, 2.24) is 20.2 Å². The van der Waals surface area contributed by atoms with E-state index in [9.17, 15) is 4.39 Å². The van der Waals surface area contributed by atoms with E-state index in [0.717, 1.165) is 50.2 Å². The van der Waals surface area contributed by atoms with E-state index in [-0.39, 0.29) is 5.82 Å². The van der Waals surface area contributed by atoms with E-state index in [0.29, 0.717) is 6.54 Å². The van der Waals surface area contributed by atoms with Gasteiger partial charge in [0.25, 0.3) is 0 Å². The maximum absolute atomic E-state index is 13.0. The van der Waals surface area contributed by atoms with Gasteiger partial charge in [0.2, 0.25) is 5.95 Å². The van der Waals surface area contributed by atoms with Crippen molar-refractivity contribution in [1.29, 1.82) is 0 Å². The molecule has 1 N–H and O–H groups in total. The molecule has 1 aliphatic heterocycles. The van der Waals surface area contributed by atoms with Crippen LogP contribution in [0.1, 0.15) is 12.5 Å². The normalized spacial score (nSPS) is 15.4. The summed E-state index contributed by atoms with van der Waals surface area (Å²) in [6, 6.07) is 8.30. The maximum Gasteiger partial charge on any atom is 0.225 e. The molecular formula is C18H23FN6. The lowest BCUT2D eigenvalue weighted by Gasteiger charge is -2.36. The first-order valence-electron chi connectivity index (χ1n) is 8.56. The van der Waals surface area contributed by atoms with Crippen LogP contribution in [0.4, 0.5) is 10.3 Å². The summed E-state index contributed by atoms with van der Waals surface area (Å²) in [5.41, 5.74) is 0.994. The Balaban J connectivity index is 1.61. The maximum atomic E-state index is 13.0. The zero-order valence-corrected chi connectivity index (χ0v) is 14.4. The Morgan fingerprint density at radius 1 is 1.12 bits per heavy atom. The molecule has 0 amide bonds. The lowest BCUT2D eigenvalue weighted by molar-refractivity contribution is 0.370.